The Hall–Kier alpha value is -1.98. The van der Waals surface area contributed by atoms with Crippen LogP contribution < -0.4 is 0 Å². The van der Waals surface area contributed by atoms with Gasteiger partial charge in [-0.1, -0.05) is 13.8 Å². The molecular formula is C14H17FN2O3. The molecule has 1 amide bonds. The van der Waals surface area contributed by atoms with Crippen molar-refractivity contribution in [1.82, 2.24) is 4.90 Å². The first-order valence-corrected chi connectivity index (χ1v) is 6.53. The first kappa shape index (κ1) is 14.4. The predicted molar refractivity (Wildman–Crippen MR) is 72.0 cm³/mol. The van der Waals surface area contributed by atoms with E-state index in [2.05, 4.69) is 13.8 Å². The van der Waals surface area contributed by atoms with Gasteiger partial charge >= 0.3 is 0 Å². The van der Waals surface area contributed by atoms with Gasteiger partial charge in [0.15, 0.2) is 0 Å². The van der Waals surface area contributed by atoms with E-state index in [1.165, 1.54) is 0 Å². The number of carbonyl (C=O) groups is 1. The molecule has 6 heteroatoms. The molecule has 1 aliphatic heterocycles. The average molecular weight is 280 g/mol. The Morgan fingerprint density at radius 1 is 1.45 bits per heavy atom. The van der Waals surface area contributed by atoms with Crippen LogP contribution in [-0.4, -0.2) is 28.8 Å². The number of hydrogen-bond donors (Lipinski definition) is 0. The SMILES string of the molecule is CC1(C)CCCN(C(=O)c2cc([N+](=O)[O-])ccc2F)C1. The molecule has 2 rings (SSSR count). The summed E-state index contributed by atoms with van der Waals surface area (Å²) in [7, 11) is 0. The summed E-state index contributed by atoms with van der Waals surface area (Å²) in [6, 6.07) is 3.05. The zero-order valence-corrected chi connectivity index (χ0v) is 11.6. The molecule has 1 fully saturated rings. The molecular weight excluding hydrogens is 263 g/mol. The predicted octanol–water partition coefficient (Wildman–Crippen LogP) is 3.00. The van der Waals surface area contributed by atoms with Crippen LogP contribution in [0.1, 0.15) is 37.0 Å². The van der Waals surface area contributed by atoms with Gasteiger partial charge in [0.2, 0.25) is 0 Å². The average Bonchev–Trinajstić information content (AvgIpc) is 2.37. The van der Waals surface area contributed by atoms with Gasteiger partial charge in [-0.15, -0.1) is 0 Å². The standard InChI is InChI=1S/C14H17FN2O3/c1-14(2)6-3-7-16(9-14)13(18)11-8-10(17(19)20)4-5-12(11)15/h4-5,8H,3,6-7,9H2,1-2H3. The van der Waals surface area contributed by atoms with Gasteiger partial charge in [0, 0.05) is 25.2 Å². The van der Waals surface area contributed by atoms with Gasteiger partial charge in [-0.25, -0.2) is 4.39 Å². The molecule has 1 aliphatic rings. The van der Waals surface area contributed by atoms with Gasteiger partial charge in [0.25, 0.3) is 11.6 Å². The Labute approximate surface area is 116 Å². The van der Waals surface area contributed by atoms with Gasteiger partial charge in [0.1, 0.15) is 5.82 Å². The quantitative estimate of drug-likeness (QED) is 0.618. The summed E-state index contributed by atoms with van der Waals surface area (Å²) < 4.78 is 13.8. The summed E-state index contributed by atoms with van der Waals surface area (Å²) in [4.78, 5) is 24.0. The summed E-state index contributed by atoms with van der Waals surface area (Å²) in [5.74, 6) is -1.19. The molecule has 0 spiro atoms. The number of hydrogen-bond acceptors (Lipinski definition) is 3. The normalized spacial score (nSPS) is 17.9. The molecule has 0 saturated carbocycles. The summed E-state index contributed by atoms with van der Waals surface area (Å²) in [6.45, 7) is 5.20. The molecule has 0 atom stereocenters. The number of halogens is 1. The van der Waals surface area contributed by atoms with Crippen molar-refractivity contribution in [3.63, 3.8) is 0 Å². The highest BCUT2D eigenvalue weighted by Crippen LogP contribution is 2.30. The van der Waals surface area contributed by atoms with E-state index < -0.39 is 16.6 Å². The van der Waals surface area contributed by atoms with Crippen molar-refractivity contribution in [3.8, 4) is 0 Å². The number of nitro benzene ring substituents is 1. The number of likely N-dealkylation sites (tertiary alicyclic amines) is 1. The third-order valence-corrected chi connectivity index (χ3v) is 3.58. The fraction of sp³-hybridized carbons (Fsp3) is 0.500. The highest BCUT2D eigenvalue weighted by molar-refractivity contribution is 5.95. The number of carbonyl (C=O) groups excluding carboxylic acids is 1. The molecule has 0 radical (unpaired) electrons. The fourth-order valence-corrected chi connectivity index (χ4v) is 2.56. The largest absolute Gasteiger partial charge is 0.338 e. The van der Waals surface area contributed by atoms with Crippen LogP contribution in [0.25, 0.3) is 0 Å². The van der Waals surface area contributed by atoms with Crippen LogP contribution >= 0.6 is 0 Å². The minimum atomic E-state index is -0.719. The minimum Gasteiger partial charge on any atom is -0.338 e. The fourth-order valence-electron chi connectivity index (χ4n) is 2.56. The molecule has 0 aromatic heterocycles. The maximum absolute atomic E-state index is 13.8. The van der Waals surface area contributed by atoms with Crippen LogP contribution in [0.3, 0.4) is 0 Å². The van der Waals surface area contributed by atoms with Crippen molar-refractivity contribution < 1.29 is 14.1 Å². The number of nitro groups is 1. The molecule has 0 N–H and O–H groups in total. The second-order valence-electron chi connectivity index (χ2n) is 5.92. The van der Waals surface area contributed by atoms with Gasteiger partial charge in [-0.2, -0.15) is 0 Å². The summed E-state index contributed by atoms with van der Waals surface area (Å²) in [6.07, 6.45) is 1.86. The lowest BCUT2D eigenvalue weighted by molar-refractivity contribution is -0.384. The molecule has 0 unspecified atom stereocenters. The Bertz CT molecular complexity index is 557. The number of rotatable bonds is 2. The molecule has 1 aromatic carbocycles. The van der Waals surface area contributed by atoms with Gasteiger partial charge in [-0.3, -0.25) is 14.9 Å². The van der Waals surface area contributed by atoms with Crippen LogP contribution in [0.4, 0.5) is 10.1 Å². The van der Waals surface area contributed by atoms with Crippen molar-refractivity contribution >= 4 is 11.6 Å². The van der Waals surface area contributed by atoms with Gasteiger partial charge < -0.3 is 4.90 Å². The lowest BCUT2D eigenvalue weighted by Crippen LogP contribution is -2.43. The van der Waals surface area contributed by atoms with Crippen LogP contribution in [0, 0.1) is 21.3 Å². The Morgan fingerprint density at radius 3 is 2.75 bits per heavy atom. The van der Waals surface area contributed by atoms with Gasteiger partial charge in [0.05, 0.1) is 10.5 Å². The Morgan fingerprint density at radius 2 is 2.15 bits per heavy atom. The summed E-state index contributed by atoms with van der Waals surface area (Å²) in [5.41, 5.74) is -0.506. The molecule has 1 heterocycles. The molecule has 108 valence electrons. The van der Waals surface area contributed by atoms with E-state index in [0.29, 0.717) is 13.1 Å². The molecule has 20 heavy (non-hydrogen) atoms. The third-order valence-electron chi connectivity index (χ3n) is 3.58. The van der Waals surface area contributed by atoms with Crippen LogP contribution in [-0.2, 0) is 0 Å². The number of benzene rings is 1. The zero-order valence-electron chi connectivity index (χ0n) is 11.6. The smallest absolute Gasteiger partial charge is 0.270 e. The van der Waals surface area contributed by atoms with E-state index >= 15 is 0 Å². The van der Waals surface area contributed by atoms with Crippen LogP contribution in [0.15, 0.2) is 18.2 Å². The zero-order chi connectivity index (χ0) is 14.9. The third kappa shape index (κ3) is 2.95. The van der Waals surface area contributed by atoms with Crippen LogP contribution in [0.2, 0.25) is 0 Å². The molecule has 0 aliphatic carbocycles. The Balaban J connectivity index is 2.29. The number of non-ortho nitro benzene ring substituents is 1. The summed E-state index contributed by atoms with van der Waals surface area (Å²) >= 11 is 0. The first-order valence-electron chi connectivity index (χ1n) is 6.53. The van der Waals surface area contributed by atoms with Gasteiger partial charge in [-0.05, 0) is 24.3 Å². The highest BCUT2D eigenvalue weighted by Gasteiger charge is 2.31. The number of amides is 1. The Kier molecular flexibility index (Phi) is 3.74. The molecule has 1 aromatic rings. The lowest BCUT2D eigenvalue weighted by atomic mass is 9.84. The van der Waals surface area contributed by atoms with E-state index in [9.17, 15) is 19.3 Å². The van der Waals surface area contributed by atoms with Crippen molar-refractivity contribution in [2.45, 2.75) is 26.7 Å². The maximum Gasteiger partial charge on any atom is 0.270 e. The van der Waals surface area contributed by atoms with E-state index in [1.54, 1.807) is 4.90 Å². The van der Waals surface area contributed by atoms with E-state index in [1.807, 2.05) is 0 Å². The monoisotopic (exact) mass is 280 g/mol. The first-order chi connectivity index (χ1) is 9.30. The van der Waals surface area contributed by atoms with E-state index in [-0.39, 0.29) is 16.7 Å². The highest BCUT2D eigenvalue weighted by atomic mass is 19.1. The summed E-state index contributed by atoms with van der Waals surface area (Å²) in [5, 5.41) is 10.7. The van der Waals surface area contributed by atoms with E-state index in [0.717, 1.165) is 31.0 Å². The minimum absolute atomic E-state index is 0.00883. The number of piperidine rings is 1. The van der Waals surface area contributed by atoms with E-state index in [4.69, 9.17) is 0 Å². The maximum atomic E-state index is 13.8. The van der Waals surface area contributed by atoms with Crippen molar-refractivity contribution in [2.24, 2.45) is 5.41 Å². The molecule has 0 bridgehead atoms. The lowest BCUT2D eigenvalue weighted by Gasteiger charge is -2.38. The van der Waals surface area contributed by atoms with Crippen molar-refractivity contribution in [1.29, 1.82) is 0 Å². The molecule has 1 saturated heterocycles. The van der Waals surface area contributed by atoms with Crippen LogP contribution in [0.5, 0.6) is 0 Å². The second-order valence-corrected chi connectivity index (χ2v) is 5.92. The van der Waals surface area contributed by atoms with Crippen molar-refractivity contribution in [2.75, 3.05) is 13.1 Å². The topological polar surface area (TPSA) is 63.5 Å². The van der Waals surface area contributed by atoms with Crippen molar-refractivity contribution in [3.05, 3.63) is 39.7 Å². The number of nitrogens with zero attached hydrogens (tertiary/aromatic N) is 2. The molecule has 5 nitrogen and oxygen atoms in total. The second kappa shape index (κ2) is 5.19.